The molecule has 0 bridgehead atoms. The fraction of sp³-hybridized carbons (Fsp3) is 0.472. The molecule has 0 aromatic heterocycles. The lowest BCUT2D eigenvalue weighted by atomic mass is 10.0. The van der Waals surface area contributed by atoms with Gasteiger partial charge in [0, 0.05) is 38.3 Å². The summed E-state index contributed by atoms with van der Waals surface area (Å²) in [6, 6.07) is 15.9. The van der Waals surface area contributed by atoms with E-state index < -0.39 is 48.3 Å². The molecule has 0 spiro atoms. The van der Waals surface area contributed by atoms with Crippen LogP contribution >= 0.6 is 0 Å². The Balaban J connectivity index is 1.37. The Morgan fingerprint density at radius 1 is 0.878 bits per heavy atom. The quantitative estimate of drug-likeness (QED) is 0.170. The van der Waals surface area contributed by atoms with Crippen molar-refractivity contribution in [2.75, 3.05) is 45.1 Å². The minimum absolute atomic E-state index is 0.00246. The number of ether oxygens (including phenoxy) is 1. The summed E-state index contributed by atoms with van der Waals surface area (Å²) >= 11 is 0. The summed E-state index contributed by atoms with van der Waals surface area (Å²) < 4.78 is 101. The van der Waals surface area contributed by atoms with Gasteiger partial charge in [-0.15, -0.1) is 0 Å². The predicted molar refractivity (Wildman–Crippen MR) is 181 cm³/mol. The minimum Gasteiger partial charge on any atom is -0.492 e. The number of hydrogen-bond donors (Lipinski definition) is 0. The van der Waals surface area contributed by atoms with E-state index in [4.69, 9.17) is 4.74 Å². The third-order valence-electron chi connectivity index (χ3n) is 9.28. The molecule has 1 atom stereocenters. The van der Waals surface area contributed by atoms with E-state index in [1.54, 1.807) is 29.2 Å². The molecule has 2 heterocycles. The molecule has 8 nitrogen and oxygen atoms in total. The van der Waals surface area contributed by atoms with Gasteiger partial charge in [0.1, 0.15) is 11.0 Å². The first-order valence-electron chi connectivity index (χ1n) is 16.8. The van der Waals surface area contributed by atoms with E-state index >= 15 is 0 Å². The Morgan fingerprint density at radius 3 is 2.22 bits per heavy atom. The average Bonchev–Trinajstić information content (AvgIpc) is 3.38. The molecule has 3 aromatic carbocycles. The van der Waals surface area contributed by atoms with Gasteiger partial charge in [0.05, 0.1) is 33.3 Å². The summed E-state index contributed by atoms with van der Waals surface area (Å²) in [4.78, 5) is 17.5. The van der Waals surface area contributed by atoms with Gasteiger partial charge in [-0.25, -0.2) is 16.8 Å². The lowest BCUT2D eigenvalue weighted by Gasteiger charge is -2.35. The van der Waals surface area contributed by atoms with E-state index in [0.29, 0.717) is 26.1 Å². The number of carbonyl (C=O) groups is 1. The maximum atomic E-state index is 14.1. The van der Waals surface area contributed by atoms with Crippen LogP contribution in [0.25, 0.3) is 0 Å². The van der Waals surface area contributed by atoms with Crippen LogP contribution in [-0.4, -0.2) is 77.6 Å². The maximum Gasteiger partial charge on any atom is 0.416 e. The van der Waals surface area contributed by atoms with Gasteiger partial charge >= 0.3 is 6.18 Å². The molecule has 49 heavy (non-hydrogen) atoms. The van der Waals surface area contributed by atoms with Crippen LogP contribution in [0.1, 0.15) is 77.7 Å². The van der Waals surface area contributed by atoms with E-state index in [9.17, 15) is 34.8 Å². The van der Waals surface area contributed by atoms with Crippen molar-refractivity contribution < 1.29 is 39.5 Å². The van der Waals surface area contributed by atoms with Gasteiger partial charge in [0.2, 0.25) is 0 Å². The molecular weight excluding hydrogens is 678 g/mol. The molecule has 2 aliphatic rings. The highest BCUT2D eigenvalue weighted by atomic mass is 32.2. The van der Waals surface area contributed by atoms with Crippen molar-refractivity contribution in [1.29, 1.82) is 0 Å². The molecule has 0 aliphatic carbocycles. The fourth-order valence-electron chi connectivity index (χ4n) is 6.57. The molecule has 1 saturated heterocycles. The molecule has 2 aliphatic heterocycles. The Kier molecular flexibility index (Phi) is 11.8. The van der Waals surface area contributed by atoms with Gasteiger partial charge in [-0.2, -0.15) is 13.2 Å². The molecule has 0 N–H and O–H groups in total. The Hall–Kier alpha value is -3.42. The Morgan fingerprint density at radius 2 is 1.53 bits per heavy atom. The highest BCUT2D eigenvalue weighted by Gasteiger charge is 2.46. The summed E-state index contributed by atoms with van der Waals surface area (Å²) in [6.07, 6.45) is 1.60. The molecule has 0 saturated carbocycles. The van der Waals surface area contributed by atoms with Crippen molar-refractivity contribution in [1.82, 2.24) is 9.80 Å². The maximum absolute atomic E-state index is 14.1. The van der Waals surface area contributed by atoms with Gasteiger partial charge in [-0.1, -0.05) is 75.4 Å². The molecular formula is C36H43F3N2O6S2. The lowest BCUT2D eigenvalue weighted by molar-refractivity contribution is -0.138. The molecule has 266 valence electrons. The van der Waals surface area contributed by atoms with E-state index in [2.05, 4.69) is 6.92 Å². The highest BCUT2D eigenvalue weighted by Crippen LogP contribution is 2.47. The number of fused-ring (bicyclic) bond motifs is 1. The van der Waals surface area contributed by atoms with Crippen molar-refractivity contribution in [2.45, 2.75) is 73.1 Å². The number of hydrogen-bond acceptors (Lipinski definition) is 7. The largest absolute Gasteiger partial charge is 0.492 e. The number of rotatable bonds is 14. The van der Waals surface area contributed by atoms with Crippen LogP contribution in [0, 0.1) is 0 Å². The number of carbonyl (C=O) groups excluding carboxylic acids is 1. The van der Waals surface area contributed by atoms with Crippen LogP contribution in [0.3, 0.4) is 0 Å². The van der Waals surface area contributed by atoms with Crippen molar-refractivity contribution in [3.63, 3.8) is 0 Å². The average molecular weight is 721 g/mol. The van der Waals surface area contributed by atoms with Crippen LogP contribution in [0.5, 0.6) is 5.75 Å². The normalized spacial score (nSPS) is 18.0. The zero-order chi connectivity index (χ0) is 35.2. The second kappa shape index (κ2) is 15.6. The Labute approximate surface area is 287 Å². The zero-order valence-electron chi connectivity index (χ0n) is 27.6. The second-order valence-corrected chi connectivity index (χ2v) is 16.8. The van der Waals surface area contributed by atoms with Crippen molar-refractivity contribution >= 4 is 25.6 Å². The first-order chi connectivity index (χ1) is 23.3. The van der Waals surface area contributed by atoms with E-state index in [0.717, 1.165) is 38.2 Å². The summed E-state index contributed by atoms with van der Waals surface area (Å²) in [7, 11) is -8.16. The van der Waals surface area contributed by atoms with Crippen LogP contribution in [0.15, 0.2) is 76.5 Å². The van der Waals surface area contributed by atoms with Gasteiger partial charge < -0.3 is 9.64 Å². The summed E-state index contributed by atoms with van der Waals surface area (Å²) in [5.74, 6) is -1.07. The topological polar surface area (TPSA) is 101 Å². The zero-order valence-corrected chi connectivity index (χ0v) is 29.3. The van der Waals surface area contributed by atoms with Gasteiger partial charge in [0.15, 0.2) is 19.7 Å². The molecule has 1 fully saturated rings. The minimum atomic E-state index is -4.44. The number of amides is 1. The third kappa shape index (κ3) is 8.49. The van der Waals surface area contributed by atoms with Crippen molar-refractivity contribution in [3.8, 4) is 5.75 Å². The molecule has 13 heteroatoms. The van der Waals surface area contributed by atoms with Crippen LogP contribution < -0.4 is 4.74 Å². The lowest BCUT2D eigenvalue weighted by Crippen LogP contribution is -2.49. The molecule has 5 rings (SSSR count). The molecule has 1 unspecified atom stereocenters. The summed E-state index contributed by atoms with van der Waals surface area (Å²) in [5, 5.41) is -1.45. The van der Waals surface area contributed by atoms with Crippen molar-refractivity contribution in [3.05, 3.63) is 89.0 Å². The first kappa shape index (κ1) is 36.9. The summed E-state index contributed by atoms with van der Waals surface area (Å²) in [5.41, 5.74) is -0.331. The number of halogens is 3. The smallest absolute Gasteiger partial charge is 0.416 e. The van der Waals surface area contributed by atoms with Gasteiger partial charge in [-0.3, -0.25) is 9.69 Å². The SMILES string of the molecule is CCCCCCCCOc1c(C(=O)N2CCN(CCc3ccccc3C(F)(F)F)CC2)ccc2c1C(S(=O)(=O)c1ccccc1)CS2(=O)=O. The molecule has 3 aromatic rings. The first-order valence-corrected chi connectivity index (χ1v) is 20.0. The van der Waals surface area contributed by atoms with Crippen molar-refractivity contribution in [2.24, 2.45) is 0 Å². The van der Waals surface area contributed by atoms with E-state index in [-0.39, 0.29) is 58.3 Å². The number of alkyl halides is 3. The predicted octanol–water partition coefficient (Wildman–Crippen LogP) is 6.75. The van der Waals surface area contributed by atoms with Crippen LogP contribution in [0.4, 0.5) is 13.2 Å². The van der Waals surface area contributed by atoms with Gasteiger partial charge in [-0.05, 0) is 48.7 Å². The fourth-order valence-corrected chi connectivity index (χ4v) is 10.9. The molecule has 0 radical (unpaired) electrons. The number of piperazine rings is 1. The van der Waals surface area contributed by atoms with Crippen LogP contribution in [-0.2, 0) is 32.3 Å². The van der Waals surface area contributed by atoms with Crippen LogP contribution in [0.2, 0.25) is 0 Å². The number of sulfone groups is 2. The number of nitrogens with zero attached hydrogens (tertiary/aromatic N) is 2. The number of unbranched alkanes of at least 4 members (excludes halogenated alkanes) is 5. The monoisotopic (exact) mass is 720 g/mol. The van der Waals surface area contributed by atoms with Gasteiger partial charge in [0.25, 0.3) is 5.91 Å². The second-order valence-electron chi connectivity index (χ2n) is 12.6. The third-order valence-corrected chi connectivity index (χ3v) is 13.4. The highest BCUT2D eigenvalue weighted by molar-refractivity contribution is 7.96. The number of benzene rings is 3. The Bertz CT molecular complexity index is 1820. The van der Waals surface area contributed by atoms with E-state index in [1.807, 2.05) is 4.90 Å². The standard InChI is InChI=1S/C36H43F3N2O6S2/c1-2-3-4-5-6-12-25-47-34-29(17-18-31-33(34)32(26-48(31,43)44)49(45,46)28-14-8-7-9-15-28)35(42)41-23-21-40(22-24-41)20-19-27-13-10-11-16-30(27)36(37,38)39/h7-11,13-18,32H,2-6,12,19-26H2,1H3. The molecule has 1 amide bonds. The summed E-state index contributed by atoms with van der Waals surface area (Å²) in [6.45, 7) is 4.14. The van der Waals surface area contributed by atoms with E-state index in [1.165, 1.54) is 36.4 Å².